The quantitative estimate of drug-likeness (QED) is 0.825. The molecule has 1 fully saturated rings. The summed E-state index contributed by atoms with van der Waals surface area (Å²) in [7, 11) is 0. The lowest BCUT2D eigenvalue weighted by molar-refractivity contribution is 0.0767. The molecule has 0 aromatic carbocycles. The van der Waals surface area contributed by atoms with Gasteiger partial charge in [0.25, 0.3) is 5.91 Å². The number of piperazine rings is 1. The highest BCUT2D eigenvalue weighted by atomic mass is 16.2. The van der Waals surface area contributed by atoms with E-state index in [1.807, 2.05) is 32.0 Å². The maximum absolute atomic E-state index is 12.5. The second-order valence-corrected chi connectivity index (χ2v) is 5.90. The first-order valence-electron chi connectivity index (χ1n) is 8.75. The highest BCUT2D eigenvalue weighted by molar-refractivity contribution is 5.93. The van der Waals surface area contributed by atoms with E-state index in [-0.39, 0.29) is 5.91 Å². The second kappa shape index (κ2) is 7.92. The summed E-state index contributed by atoms with van der Waals surface area (Å²) in [5.74, 6) is 0.762. The van der Waals surface area contributed by atoms with Crippen molar-refractivity contribution in [2.75, 3.05) is 49.1 Å². The third-order valence-electron chi connectivity index (χ3n) is 4.49. The van der Waals surface area contributed by atoms with Crippen LogP contribution in [0.4, 0.5) is 11.6 Å². The topological polar surface area (TPSA) is 65.5 Å². The highest BCUT2D eigenvalue weighted by Crippen LogP contribution is 2.19. The number of aromatic nitrogens is 3. The first kappa shape index (κ1) is 17.1. The summed E-state index contributed by atoms with van der Waals surface area (Å²) in [5, 5.41) is 0. The Labute approximate surface area is 148 Å². The molecule has 3 rings (SSSR count). The van der Waals surface area contributed by atoms with Gasteiger partial charge in [-0.3, -0.25) is 9.78 Å². The van der Waals surface area contributed by atoms with E-state index in [2.05, 4.69) is 24.8 Å². The van der Waals surface area contributed by atoms with Crippen LogP contribution in [0, 0.1) is 0 Å². The molecule has 1 saturated heterocycles. The van der Waals surface area contributed by atoms with Gasteiger partial charge in [0.05, 0.1) is 0 Å². The smallest absolute Gasteiger partial charge is 0.272 e. The summed E-state index contributed by atoms with van der Waals surface area (Å²) in [6.07, 6.45) is 5.25. The van der Waals surface area contributed by atoms with Crippen LogP contribution in [0.1, 0.15) is 24.3 Å². The third kappa shape index (κ3) is 3.87. The molecule has 132 valence electrons. The minimum absolute atomic E-state index is 0.0110. The second-order valence-electron chi connectivity index (χ2n) is 5.90. The Morgan fingerprint density at radius 3 is 2.28 bits per heavy atom. The fraction of sp³-hybridized carbons (Fsp3) is 0.444. The molecule has 2 aromatic heterocycles. The number of carbonyl (C=O) groups is 1. The van der Waals surface area contributed by atoms with Gasteiger partial charge < -0.3 is 14.7 Å². The van der Waals surface area contributed by atoms with Gasteiger partial charge in [0.15, 0.2) is 0 Å². The largest absolute Gasteiger partial charge is 0.368 e. The van der Waals surface area contributed by atoms with Gasteiger partial charge in [-0.2, -0.15) is 0 Å². The Morgan fingerprint density at radius 2 is 1.64 bits per heavy atom. The van der Waals surface area contributed by atoms with Gasteiger partial charge in [-0.15, -0.1) is 0 Å². The minimum Gasteiger partial charge on any atom is -0.368 e. The Hall–Kier alpha value is -2.70. The molecule has 0 radical (unpaired) electrons. The molecule has 2 aromatic rings. The molecule has 0 spiro atoms. The zero-order valence-electron chi connectivity index (χ0n) is 14.8. The fourth-order valence-electron chi connectivity index (χ4n) is 3.03. The predicted molar refractivity (Wildman–Crippen MR) is 97.9 cm³/mol. The van der Waals surface area contributed by atoms with E-state index in [4.69, 9.17) is 0 Å². The number of amides is 1. The number of rotatable bonds is 5. The lowest BCUT2D eigenvalue weighted by atomic mass is 10.2. The van der Waals surface area contributed by atoms with Gasteiger partial charge in [-0.1, -0.05) is 0 Å². The van der Waals surface area contributed by atoms with Gasteiger partial charge in [0.1, 0.15) is 5.69 Å². The molecular weight excluding hydrogens is 316 g/mol. The van der Waals surface area contributed by atoms with Crippen LogP contribution in [0.2, 0.25) is 0 Å². The molecule has 1 amide bonds. The van der Waals surface area contributed by atoms with Crippen LogP contribution in [0.25, 0.3) is 0 Å². The zero-order valence-corrected chi connectivity index (χ0v) is 14.8. The van der Waals surface area contributed by atoms with Crippen LogP contribution in [0.15, 0.2) is 36.8 Å². The van der Waals surface area contributed by atoms with Crippen molar-refractivity contribution in [1.82, 2.24) is 19.9 Å². The van der Waals surface area contributed by atoms with E-state index in [1.165, 1.54) is 0 Å². The number of hydrogen-bond acceptors (Lipinski definition) is 6. The molecular formula is C18H24N6O. The molecule has 1 aliphatic heterocycles. The van der Waals surface area contributed by atoms with Crippen molar-refractivity contribution in [3.8, 4) is 0 Å². The third-order valence-corrected chi connectivity index (χ3v) is 4.49. The molecule has 3 heterocycles. The Morgan fingerprint density at radius 1 is 1.00 bits per heavy atom. The SMILES string of the molecule is CCN(CC)C(=O)c1cc(N2CCN(c3ncccn3)CC2)ccn1. The molecule has 25 heavy (non-hydrogen) atoms. The first-order valence-corrected chi connectivity index (χ1v) is 8.75. The summed E-state index contributed by atoms with van der Waals surface area (Å²) >= 11 is 0. The Kier molecular flexibility index (Phi) is 5.42. The molecule has 0 atom stereocenters. The van der Waals surface area contributed by atoms with E-state index in [0.717, 1.165) is 37.8 Å². The molecule has 0 saturated carbocycles. The number of anilines is 2. The molecule has 0 unspecified atom stereocenters. The monoisotopic (exact) mass is 340 g/mol. The van der Waals surface area contributed by atoms with Crippen molar-refractivity contribution >= 4 is 17.5 Å². The van der Waals surface area contributed by atoms with E-state index in [1.54, 1.807) is 23.5 Å². The summed E-state index contributed by atoms with van der Waals surface area (Å²) < 4.78 is 0. The van der Waals surface area contributed by atoms with Crippen LogP contribution in [0.5, 0.6) is 0 Å². The standard InChI is InChI=1S/C18H24N6O/c1-3-22(4-2)17(25)16-14-15(6-9-19-16)23-10-12-24(13-11-23)18-20-7-5-8-21-18/h5-9,14H,3-4,10-13H2,1-2H3. The van der Waals surface area contributed by atoms with Crippen molar-refractivity contribution in [1.29, 1.82) is 0 Å². The van der Waals surface area contributed by atoms with Crippen molar-refractivity contribution < 1.29 is 4.79 Å². The summed E-state index contributed by atoms with van der Waals surface area (Å²) in [5.41, 5.74) is 1.55. The maximum atomic E-state index is 12.5. The van der Waals surface area contributed by atoms with Crippen LogP contribution in [-0.2, 0) is 0 Å². The van der Waals surface area contributed by atoms with Crippen LogP contribution < -0.4 is 9.80 Å². The minimum atomic E-state index is -0.0110. The number of pyridine rings is 1. The Balaban J connectivity index is 1.67. The summed E-state index contributed by atoms with van der Waals surface area (Å²) in [4.78, 5) is 31.6. The van der Waals surface area contributed by atoms with Gasteiger partial charge in [-0.25, -0.2) is 9.97 Å². The van der Waals surface area contributed by atoms with Crippen molar-refractivity contribution in [2.45, 2.75) is 13.8 Å². The van der Waals surface area contributed by atoms with Crippen molar-refractivity contribution in [3.63, 3.8) is 0 Å². The normalized spacial score (nSPS) is 14.5. The molecule has 0 N–H and O–H groups in total. The lowest BCUT2D eigenvalue weighted by Gasteiger charge is -2.36. The maximum Gasteiger partial charge on any atom is 0.272 e. The number of carbonyl (C=O) groups excluding carboxylic acids is 1. The van der Waals surface area contributed by atoms with E-state index in [0.29, 0.717) is 18.8 Å². The fourth-order valence-corrected chi connectivity index (χ4v) is 3.03. The van der Waals surface area contributed by atoms with Crippen molar-refractivity contribution in [2.24, 2.45) is 0 Å². The zero-order chi connectivity index (χ0) is 17.6. The summed E-state index contributed by atoms with van der Waals surface area (Å²) in [6, 6.07) is 5.69. The Bertz CT molecular complexity index is 696. The van der Waals surface area contributed by atoms with Crippen LogP contribution >= 0.6 is 0 Å². The molecule has 7 heteroatoms. The van der Waals surface area contributed by atoms with E-state index >= 15 is 0 Å². The van der Waals surface area contributed by atoms with E-state index in [9.17, 15) is 4.79 Å². The van der Waals surface area contributed by atoms with Crippen LogP contribution in [-0.4, -0.2) is 65.0 Å². The average molecular weight is 340 g/mol. The van der Waals surface area contributed by atoms with Crippen molar-refractivity contribution in [3.05, 3.63) is 42.5 Å². The van der Waals surface area contributed by atoms with Gasteiger partial charge in [-0.05, 0) is 32.0 Å². The lowest BCUT2D eigenvalue weighted by Crippen LogP contribution is -2.47. The summed E-state index contributed by atoms with van der Waals surface area (Å²) in [6.45, 7) is 8.78. The van der Waals surface area contributed by atoms with Gasteiger partial charge >= 0.3 is 0 Å². The van der Waals surface area contributed by atoms with Gasteiger partial charge in [0.2, 0.25) is 5.95 Å². The molecule has 0 bridgehead atoms. The molecule has 0 aliphatic carbocycles. The average Bonchev–Trinajstić information content (AvgIpc) is 2.70. The molecule has 1 aliphatic rings. The van der Waals surface area contributed by atoms with E-state index < -0.39 is 0 Å². The number of nitrogens with zero attached hydrogens (tertiary/aromatic N) is 6. The first-order chi connectivity index (χ1) is 12.2. The van der Waals surface area contributed by atoms with Gasteiger partial charge in [0, 0.05) is 63.5 Å². The number of hydrogen-bond donors (Lipinski definition) is 0. The highest BCUT2D eigenvalue weighted by Gasteiger charge is 2.21. The van der Waals surface area contributed by atoms with Crippen LogP contribution in [0.3, 0.4) is 0 Å². The predicted octanol–water partition coefficient (Wildman–Crippen LogP) is 1.68. The molecule has 7 nitrogen and oxygen atoms in total.